The summed E-state index contributed by atoms with van der Waals surface area (Å²) in [6.45, 7) is 6.92. The number of rotatable bonds is 6. The van der Waals surface area contributed by atoms with E-state index in [9.17, 15) is 13.9 Å². The summed E-state index contributed by atoms with van der Waals surface area (Å²) < 4.78 is 58.1. The lowest BCUT2D eigenvalue weighted by Crippen LogP contribution is -2.43. The zero-order valence-corrected chi connectivity index (χ0v) is 25.0. The number of phenolic OH excluding ortho intramolecular Hbond substituents is 1. The Labute approximate surface area is 253 Å². The number of aromatic hydroxyl groups is 1. The van der Waals surface area contributed by atoms with E-state index in [1.54, 1.807) is 6.07 Å². The SMILES string of the molecule is CCc1c(F)ccc2cc(O)cc(-c3ncc4c(N5CCOCC[C@@H]5C)nc(OC[C@@]56CCCN5C[C@H](F)C6)nc4c3F)c12. The summed E-state index contributed by atoms with van der Waals surface area (Å²) in [5.41, 5.74) is 0.208. The molecule has 3 atom stereocenters. The minimum Gasteiger partial charge on any atom is -0.508 e. The van der Waals surface area contributed by atoms with E-state index in [4.69, 9.17) is 14.5 Å². The molecule has 232 valence electrons. The number of benzene rings is 2. The molecular weight excluding hydrogens is 571 g/mol. The lowest BCUT2D eigenvalue weighted by molar-refractivity contribution is 0.107. The third kappa shape index (κ3) is 4.90. The number of hydrogen-bond acceptors (Lipinski definition) is 8. The van der Waals surface area contributed by atoms with Crippen molar-refractivity contribution in [2.75, 3.05) is 44.4 Å². The Kier molecular flexibility index (Phi) is 7.48. The van der Waals surface area contributed by atoms with Gasteiger partial charge < -0.3 is 19.5 Å². The number of fused-ring (bicyclic) bond motifs is 3. The molecule has 8 nitrogen and oxygen atoms in total. The van der Waals surface area contributed by atoms with Gasteiger partial charge >= 0.3 is 6.01 Å². The number of anilines is 1. The third-order valence-corrected chi connectivity index (χ3v) is 9.60. The van der Waals surface area contributed by atoms with Crippen molar-refractivity contribution in [2.45, 2.75) is 63.7 Å². The summed E-state index contributed by atoms with van der Waals surface area (Å²) in [7, 11) is 0. The number of halogens is 3. The average Bonchev–Trinajstić information content (AvgIpc) is 3.44. The van der Waals surface area contributed by atoms with Gasteiger partial charge in [-0.25, -0.2) is 13.2 Å². The van der Waals surface area contributed by atoms with Gasteiger partial charge in [0.15, 0.2) is 5.82 Å². The van der Waals surface area contributed by atoms with Gasteiger partial charge in [0.25, 0.3) is 0 Å². The molecular formula is C33H36F3N5O3. The standard InChI is InChI=1S/C33H36F3N5O3/c1-3-23-26(35)6-5-20-13-22(42)14-24(27(20)23)29-28(36)30-25(16-37-29)31(41-10-12-43-11-7-19(41)2)39-32(38-30)44-18-33-8-4-9-40(33)17-21(34)15-33/h5-6,13-14,16,19,21,42H,3-4,7-12,15,17-18H2,1-2H3/t19-,21+,33-/m0/s1. The Morgan fingerprint density at radius 1 is 1.16 bits per heavy atom. The fourth-order valence-electron chi connectivity index (χ4n) is 7.38. The topological polar surface area (TPSA) is 83.8 Å². The lowest BCUT2D eigenvalue weighted by atomic mass is 9.94. The van der Waals surface area contributed by atoms with Crippen molar-refractivity contribution in [2.24, 2.45) is 0 Å². The Bertz CT molecular complexity index is 1740. The molecule has 3 saturated heterocycles. The molecule has 5 heterocycles. The van der Waals surface area contributed by atoms with E-state index in [2.05, 4.69) is 26.7 Å². The molecule has 2 aromatic carbocycles. The van der Waals surface area contributed by atoms with Gasteiger partial charge in [-0.05, 0) is 73.7 Å². The van der Waals surface area contributed by atoms with Gasteiger partial charge in [0, 0.05) is 43.9 Å². The van der Waals surface area contributed by atoms with E-state index in [1.165, 1.54) is 24.4 Å². The van der Waals surface area contributed by atoms with E-state index >= 15 is 4.39 Å². The van der Waals surface area contributed by atoms with Crippen LogP contribution in [0.2, 0.25) is 0 Å². The van der Waals surface area contributed by atoms with Crippen molar-refractivity contribution in [3.63, 3.8) is 0 Å². The first-order valence-corrected chi connectivity index (χ1v) is 15.4. The van der Waals surface area contributed by atoms with Gasteiger partial charge in [-0.2, -0.15) is 9.97 Å². The van der Waals surface area contributed by atoms with Gasteiger partial charge in [0.2, 0.25) is 0 Å². The van der Waals surface area contributed by atoms with Crippen LogP contribution in [-0.4, -0.2) is 82.2 Å². The molecule has 7 rings (SSSR count). The first-order valence-electron chi connectivity index (χ1n) is 15.4. The van der Waals surface area contributed by atoms with Crippen molar-refractivity contribution < 1.29 is 27.8 Å². The zero-order valence-electron chi connectivity index (χ0n) is 25.0. The molecule has 1 N–H and O–H groups in total. The molecule has 0 unspecified atom stereocenters. The molecule has 0 radical (unpaired) electrons. The highest BCUT2D eigenvalue weighted by molar-refractivity contribution is 6.01. The summed E-state index contributed by atoms with van der Waals surface area (Å²) in [6.07, 6.45) is 3.92. The van der Waals surface area contributed by atoms with Crippen LogP contribution < -0.4 is 9.64 Å². The van der Waals surface area contributed by atoms with E-state index < -0.39 is 23.3 Å². The largest absolute Gasteiger partial charge is 0.508 e. The zero-order chi connectivity index (χ0) is 30.6. The highest BCUT2D eigenvalue weighted by Crippen LogP contribution is 2.42. The van der Waals surface area contributed by atoms with Gasteiger partial charge in [-0.3, -0.25) is 9.88 Å². The highest BCUT2D eigenvalue weighted by atomic mass is 19.1. The van der Waals surface area contributed by atoms with Crippen molar-refractivity contribution in [1.29, 1.82) is 0 Å². The normalized spacial score (nSPS) is 24.2. The van der Waals surface area contributed by atoms with E-state index in [1.807, 2.05) is 6.92 Å². The number of aromatic nitrogens is 3. The van der Waals surface area contributed by atoms with Crippen LogP contribution in [0, 0.1) is 11.6 Å². The second-order valence-electron chi connectivity index (χ2n) is 12.3. The number of phenols is 1. The van der Waals surface area contributed by atoms with Crippen molar-refractivity contribution in [3.05, 3.63) is 47.7 Å². The molecule has 3 aliphatic heterocycles. The van der Waals surface area contributed by atoms with Crippen LogP contribution in [0.25, 0.3) is 32.9 Å². The Morgan fingerprint density at radius 3 is 2.86 bits per heavy atom. The molecule has 3 fully saturated rings. The fourth-order valence-corrected chi connectivity index (χ4v) is 7.38. The predicted octanol–water partition coefficient (Wildman–Crippen LogP) is 5.96. The maximum Gasteiger partial charge on any atom is 0.319 e. The minimum absolute atomic E-state index is 0.00510. The molecule has 3 aliphatic rings. The van der Waals surface area contributed by atoms with Crippen LogP contribution in [0.4, 0.5) is 19.0 Å². The smallest absolute Gasteiger partial charge is 0.319 e. The van der Waals surface area contributed by atoms with Crippen LogP contribution in [0.5, 0.6) is 11.8 Å². The molecule has 0 saturated carbocycles. The van der Waals surface area contributed by atoms with Crippen molar-refractivity contribution in [3.8, 4) is 23.0 Å². The van der Waals surface area contributed by atoms with Crippen LogP contribution >= 0.6 is 0 Å². The van der Waals surface area contributed by atoms with Crippen LogP contribution in [0.15, 0.2) is 30.5 Å². The summed E-state index contributed by atoms with van der Waals surface area (Å²) in [6, 6.07) is 5.91. The maximum absolute atomic E-state index is 16.8. The highest BCUT2D eigenvalue weighted by Gasteiger charge is 2.49. The number of hydrogen-bond donors (Lipinski definition) is 1. The van der Waals surface area contributed by atoms with Crippen LogP contribution in [0.3, 0.4) is 0 Å². The van der Waals surface area contributed by atoms with E-state index in [0.717, 1.165) is 25.8 Å². The van der Waals surface area contributed by atoms with Crippen molar-refractivity contribution in [1.82, 2.24) is 19.9 Å². The number of pyridine rings is 1. The second-order valence-corrected chi connectivity index (χ2v) is 12.3. The Balaban J connectivity index is 1.39. The lowest BCUT2D eigenvalue weighted by Gasteiger charge is -2.31. The predicted molar refractivity (Wildman–Crippen MR) is 162 cm³/mol. The second kappa shape index (κ2) is 11.3. The van der Waals surface area contributed by atoms with E-state index in [0.29, 0.717) is 66.7 Å². The van der Waals surface area contributed by atoms with Gasteiger partial charge in [-0.1, -0.05) is 13.0 Å². The number of alkyl halides is 1. The van der Waals surface area contributed by atoms with Gasteiger partial charge in [-0.15, -0.1) is 0 Å². The van der Waals surface area contributed by atoms with Gasteiger partial charge in [0.05, 0.1) is 17.5 Å². The quantitative estimate of drug-likeness (QED) is 0.288. The van der Waals surface area contributed by atoms with Gasteiger partial charge in [0.1, 0.15) is 41.4 Å². The summed E-state index contributed by atoms with van der Waals surface area (Å²) >= 11 is 0. The Morgan fingerprint density at radius 2 is 2.02 bits per heavy atom. The average molecular weight is 608 g/mol. The molecule has 0 aliphatic carbocycles. The summed E-state index contributed by atoms with van der Waals surface area (Å²) in [4.78, 5) is 18.1. The molecule has 0 spiro atoms. The molecule has 2 aromatic heterocycles. The third-order valence-electron chi connectivity index (χ3n) is 9.60. The van der Waals surface area contributed by atoms with Crippen LogP contribution in [0.1, 0.15) is 45.1 Å². The minimum atomic E-state index is -0.911. The van der Waals surface area contributed by atoms with Crippen LogP contribution in [-0.2, 0) is 11.2 Å². The fraction of sp³-hybridized carbons (Fsp3) is 0.485. The summed E-state index contributed by atoms with van der Waals surface area (Å²) in [5.74, 6) is -0.735. The molecule has 0 amide bonds. The van der Waals surface area contributed by atoms with Crippen molar-refractivity contribution >= 4 is 27.5 Å². The number of ether oxygens (including phenoxy) is 2. The number of aryl methyl sites for hydroxylation is 1. The van der Waals surface area contributed by atoms with E-state index in [-0.39, 0.29) is 41.2 Å². The molecule has 0 bridgehead atoms. The number of nitrogens with zero attached hydrogens (tertiary/aromatic N) is 5. The Hall–Kier alpha value is -3.70. The molecule has 44 heavy (non-hydrogen) atoms. The molecule has 4 aromatic rings. The first kappa shape index (κ1) is 29.0. The summed E-state index contributed by atoms with van der Waals surface area (Å²) in [5, 5.41) is 12.0. The monoisotopic (exact) mass is 607 g/mol. The maximum atomic E-state index is 16.8. The first-order chi connectivity index (χ1) is 21.3. The molecule has 11 heteroatoms.